The number of halogens is 1. The molecular formula is C22H28FN5O3. The molecule has 9 heteroatoms. The number of aromatic nitrogens is 2. The smallest absolute Gasteiger partial charge is 0.252 e. The summed E-state index contributed by atoms with van der Waals surface area (Å²) in [7, 11) is 0. The minimum atomic E-state index is -0.414. The number of ether oxygens (including phenoxy) is 1. The normalized spacial score (nSPS) is 18.2. The summed E-state index contributed by atoms with van der Waals surface area (Å²) < 4.78 is 18.8. The zero-order valence-electron chi connectivity index (χ0n) is 17.5. The Kier molecular flexibility index (Phi) is 6.93. The van der Waals surface area contributed by atoms with Crippen molar-refractivity contribution >= 4 is 11.9 Å². The number of likely N-dealkylation sites (tertiary alicyclic amines) is 1. The summed E-state index contributed by atoms with van der Waals surface area (Å²) in [5.41, 5.74) is 1.10. The van der Waals surface area contributed by atoms with E-state index in [9.17, 15) is 14.0 Å². The summed E-state index contributed by atoms with van der Waals surface area (Å²) in [6.45, 7) is 4.65. The van der Waals surface area contributed by atoms with Gasteiger partial charge in [-0.3, -0.25) is 19.5 Å². The van der Waals surface area contributed by atoms with Gasteiger partial charge in [0, 0.05) is 25.6 Å². The fraction of sp³-hybridized carbons (Fsp3) is 0.500. The number of nitrogens with one attached hydrogen (secondary N) is 2. The van der Waals surface area contributed by atoms with E-state index in [1.54, 1.807) is 12.1 Å². The predicted molar refractivity (Wildman–Crippen MR) is 115 cm³/mol. The van der Waals surface area contributed by atoms with Gasteiger partial charge in [0.05, 0.1) is 31.5 Å². The van der Waals surface area contributed by atoms with Crippen molar-refractivity contribution < 1.29 is 13.9 Å². The SMILES string of the molecule is O=C(CN1CCCC1)NC(Cc1cc(=O)[nH]c(N2CCOCC2)n1)c1ccc(F)cc1. The molecule has 4 rings (SSSR count). The Balaban J connectivity index is 1.53. The minimum absolute atomic E-state index is 0.0885. The second-order valence-electron chi connectivity index (χ2n) is 8.02. The van der Waals surface area contributed by atoms with E-state index >= 15 is 0 Å². The van der Waals surface area contributed by atoms with Crippen LogP contribution in [0.2, 0.25) is 0 Å². The summed E-state index contributed by atoms with van der Waals surface area (Å²) in [6.07, 6.45) is 2.55. The molecule has 0 saturated carbocycles. The number of rotatable bonds is 7. The molecule has 1 aromatic carbocycles. The number of aromatic amines is 1. The number of nitrogens with zero attached hydrogens (tertiary/aromatic N) is 3. The number of anilines is 1. The second kappa shape index (κ2) is 10.0. The van der Waals surface area contributed by atoms with Gasteiger partial charge in [0.2, 0.25) is 11.9 Å². The zero-order chi connectivity index (χ0) is 21.6. The molecular weight excluding hydrogens is 401 g/mol. The predicted octanol–water partition coefficient (Wildman–Crippen LogP) is 1.24. The van der Waals surface area contributed by atoms with Crippen molar-refractivity contribution in [3.8, 4) is 0 Å². The third-order valence-corrected chi connectivity index (χ3v) is 5.68. The molecule has 0 spiro atoms. The molecule has 2 N–H and O–H groups in total. The molecule has 2 aliphatic rings. The molecule has 1 amide bonds. The van der Waals surface area contributed by atoms with Crippen molar-refractivity contribution in [3.63, 3.8) is 0 Å². The van der Waals surface area contributed by atoms with Gasteiger partial charge in [0.15, 0.2) is 0 Å². The first-order valence-electron chi connectivity index (χ1n) is 10.8. The Morgan fingerprint density at radius 1 is 1.16 bits per heavy atom. The first-order valence-corrected chi connectivity index (χ1v) is 10.8. The van der Waals surface area contributed by atoms with Crippen LogP contribution in [0.4, 0.5) is 10.3 Å². The van der Waals surface area contributed by atoms with E-state index in [0.717, 1.165) is 31.5 Å². The average molecular weight is 429 g/mol. The average Bonchev–Trinajstić information content (AvgIpc) is 3.27. The molecule has 166 valence electrons. The third kappa shape index (κ3) is 5.89. The molecule has 2 aliphatic heterocycles. The van der Waals surface area contributed by atoms with Gasteiger partial charge < -0.3 is 15.0 Å². The van der Waals surface area contributed by atoms with Crippen LogP contribution >= 0.6 is 0 Å². The van der Waals surface area contributed by atoms with Crippen LogP contribution < -0.4 is 15.8 Å². The summed E-state index contributed by atoms with van der Waals surface area (Å²) in [5, 5.41) is 3.06. The Bertz CT molecular complexity index is 937. The number of carbonyl (C=O) groups excluding carboxylic acids is 1. The Morgan fingerprint density at radius 3 is 2.58 bits per heavy atom. The molecule has 2 aromatic rings. The molecule has 0 bridgehead atoms. The van der Waals surface area contributed by atoms with Crippen molar-refractivity contribution in [3.05, 3.63) is 57.8 Å². The first-order chi connectivity index (χ1) is 15.1. The fourth-order valence-electron chi connectivity index (χ4n) is 4.06. The number of benzene rings is 1. The lowest BCUT2D eigenvalue weighted by Crippen LogP contribution is -2.39. The van der Waals surface area contributed by atoms with Crippen LogP contribution in [0.5, 0.6) is 0 Å². The largest absolute Gasteiger partial charge is 0.378 e. The Hall–Kier alpha value is -2.78. The van der Waals surface area contributed by atoms with Crippen molar-refractivity contribution in [2.75, 3.05) is 50.8 Å². The maximum absolute atomic E-state index is 13.5. The number of morpholine rings is 1. The van der Waals surface area contributed by atoms with Gasteiger partial charge in [0.1, 0.15) is 5.82 Å². The van der Waals surface area contributed by atoms with Gasteiger partial charge in [-0.15, -0.1) is 0 Å². The van der Waals surface area contributed by atoms with Gasteiger partial charge in [-0.2, -0.15) is 0 Å². The Labute approximate surface area is 180 Å². The summed E-state index contributed by atoms with van der Waals surface area (Å²) in [5.74, 6) is 0.0799. The van der Waals surface area contributed by atoms with E-state index in [1.807, 2.05) is 4.90 Å². The first kappa shape index (κ1) is 21.5. The van der Waals surface area contributed by atoms with Crippen LogP contribution in [0.1, 0.15) is 30.1 Å². The molecule has 31 heavy (non-hydrogen) atoms. The lowest BCUT2D eigenvalue weighted by molar-refractivity contribution is -0.122. The highest BCUT2D eigenvalue weighted by molar-refractivity contribution is 5.78. The van der Waals surface area contributed by atoms with Gasteiger partial charge in [-0.1, -0.05) is 12.1 Å². The van der Waals surface area contributed by atoms with Crippen LogP contribution in [0.25, 0.3) is 0 Å². The van der Waals surface area contributed by atoms with E-state index in [2.05, 4.69) is 20.2 Å². The summed E-state index contributed by atoms with van der Waals surface area (Å²) in [6, 6.07) is 7.10. The number of hydrogen-bond donors (Lipinski definition) is 2. The van der Waals surface area contributed by atoms with Crippen LogP contribution in [0.3, 0.4) is 0 Å². The van der Waals surface area contributed by atoms with E-state index in [0.29, 0.717) is 50.9 Å². The molecule has 2 fully saturated rings. The second-order valence-corrected chi connectivity index (χ2v) is 8.02. The highest BCUT2D eigenvalue weighted by atomic mass is 19.1. The standard InChI is InChI=1S/C22H28FN5O3/c23-17-5-3-16(4-6-17)19(25-21(30)15-27-7-1-2-8-27)13-18-14-20(29)26-22(24-18)28-9-11-31-12-10-28/h3-6,14,19H,1-2,7-13,15H2,(H,25,30)(H,24,26,29). The van der Waals surface area contributed by atoms with Crippen LogP contribution in [0, 0.1) is 5.82 Å². The zero-order valence-corrected chi connectivity index (χ0v) is 17.5. The monoisotopic (exact) mass is 429 g/mol. The van der Waals surface area contributed by atoms with Crippen molar-refractivity contribution in [1.82, 2.24) is 20.2 Å². The van der Waals surface area contributed by atoms with Crippen molar-refractivity contribution in [2.45, 2.75) is 25.3 Å². The maximum Gasteiger partial charge on any atom is 0.252 e. The molecule has 1 aromatic heterocycles. The van der Waals surface area contributed by atoms with Crippen molar-refractivity contribution in [1.29, 1.82) is 0 Å². The van der Waals surface area contributed by atoms with E-state index < -0.39 is 6.04 Å². The molecule has 1 atom stereocenters. The molecule has 0 radical (unpaired) electrons. The highest BCUT2D eigenvalue weighted by Gasteiger charge is 2.21. The van der Waals surface area contributed by atoms with E-state index in [1.165, 1.54) is 18.2 Å². The maximum atomic E-state index is 13.5. The molecule has 2 saturated heterocycles. The summed E-state index contributed by atoms with van der Waals surface area (Å²) in [4.78, 5) is 36.5. The van der Waals surface area contributed by atoms with Gasteiger partial charge >= 0.3 is 0 Å². The lowest BCUT2D eigenvalue weighted by Gasteiger charge is -2.27. The van der Waals surface area contributed by atoms with Gasteiger partial charge in [-0.05, 0) is 43.6 Å². The van der Waals surface area contributed by atoms with Crippen molar-refractivity contribution in [2.24, 2.45) is 0 Å². The van der Waals surface area contributed by atoms with Gasteiger partial charge in [-0.25, -0.2) is 9.37 Å². The number of carbonyl (C=O) groups is 1. The Morgan fingerprint density at radius 2 is 1.87 bits per heavy atom. The van der Waals surface area contributed by atoms with Crippen LogP contribution in [-0.4, -0.2) is 66.7 Å². The van der Waals surface area contributed by atoms with Crippen LogP contribution in [0.15, 0.2) is 35.1 Å². The number of amides is 1. The molecule has 0 aliphatic carbocycles. The quantitative estimate of drug-likeness (QED) is 0.688. The third-order valence-electron chi connectivity index (χ3n) is 5.68. The summed E-state index contributed by atoms with van der Waals surface area (Å²) >= 11 is 0. The lowest BCUT2D eigenvalue weighted by atomic mass is 10.0. The van der Waals surface area contributed by atoms with E-state index in [4.69, 9.17) is 4.74 Å². The minimum Gasteiger partial charge on any atom is -0.378 e. The van der Waals surface area contributed by atoms with Crippen LogP contribution in [-0.2, 0) is 16.0 Å². The highest BCUT2D eigenvalue weighted by Crippen LogP contribution is 2.19. The number of hydrogen-bond acceptors (Lipinski definition) is 6. The fourth-order valence-corrected chi connectivity index (χ4v) is 4.06. The molecule has 1 unspecified atom stereocenters. The number of H-pyrrole nitrogens is 1. The van der Waals surface area contributed by atoms with Gasteiger partial charge in [0.25, 0.3) is 5.56 Å². The topological polar surface area (TPSA) is 90.6 Å². The molecule has 3 heterocycles. The molecule has 8 nitrogen and oxygen atoms in total. The van der Waals surface area contributed by atoms with E-state index in [-0.39, 0.29) is 17.3 Å².